The molecule has 68 valence electrons. The van der Waals surface area contributed by atoms with Crippen molar-refractivity contribution in [3.63, 3.8) is 0 Å². The highest BCUT2D eigenvalue weighted by Crippen LogP contribution is 2.28. The average molecular weight is 159 g/mol. The molecule has 0 rings (SSSR count). The van der Waals surface area contributed by atoms with Gasteiger partial charge in [0.1, 0.15) is 0 Å². The number of rotatable bonds is 5. The van der Waals surface area contributed by atoms with Crippen LogP contribution in [-0.4, -0.2) is 18.3 Å². The van der Waals surface area contributed by atoms with E-state index in [4.69, 9.17) is 10.8 Å². The fourth-order valence-electron chi connectivity index (χ4n) is 1.48. The van der Waals surface area contributed by atoms with Crippen LogP contribution in [0, 0.1) is 11.3 Å². The van der Waals surface area contributed by atoms with Crippen LogP contribution in [0.15, 0.2) is 0 Å². The maximum absolute atomic E-state index is 9.15. The first kappa shape index (κ1) is 10.9. The molecule has 0 spiro atoms. The highest BCUT2D eigenvalue weighted by Gasteiger charge is 2.26. The second-order valence-electron chi connectivity index (χ2n) is 3.81. The van der Waals surface area contributed by atoms with Crippen molar-refractivity contribution in [2.75, 3.05) is 13.2 Å². The van der Waals surface area contributed by atoms with Gasteiger partial charge in [0, 0.05) is 18.6 Å². The van der Waals surface area contributed by atoms with E-state index >= 15 is 0 Å². The van der Waals surface area contributed by atoms with Crippen molar-refractivity contribution in [1.82, 2.24) is 0 Å². The molecule has 2 nitrogen and oxygen atoms in total. The molecule has 0 heterocycles. The predicted molar refractivity (Wildman–Crippen MR) is 48.3 cm³/mol. The van der Waals surface area contributed by atoms with Crippen LogP contribution < -0.4 is 5.73 Å². The van der Waals surface area contributed by atoms with Crippen molar-refractivity contribution in [3.05, 3.63) is 0 Å². The molecule has 0 bridgehead atoms. The van der Waals surface area contributed by atoms with Crippen LogP contribution in [0.25, 0.3) is 0 Å². The Balaban J connectivity index is 4.05. The Bertz CT molecular complexity index is 89.5. The molecular weight excluding hydrogens is 138 g/mol. The van der Waals surface area contributed by atoms with Gasteiger partial charge in [-0.15, -0.1) is 0 Å². The van der Waals surface area contributed by atoms with E-state index in [2.05, 4.69) is 20.8 Å². The van der Waals surface area contributed by atoms with Gasteiger partial charge < -0.3 is 10.8 Å². The lowest BCUT2D eigenvalue weighted by Gasteiger charge is -2.30. The summed E-state index contributed by atoms with van der Waals surface area (Å²) in [4.78, 5) is 0. The fraction of sp³-hybridized carbons (Fsp3) is 1.00. The summed E-state index contributed by atoms with van der Waals surface area (Å²) >= 11 is 0. The quantitative estimate of drug-likeness (QED) is 0.636. The molecule has 1 atom stereocenters. The Kier molecular flexibility index (Phi) is 4.69. The zero-order chi connectivity index (χ0) is 8.91. The Labute approximate surface area is 69.8 Å². The van der Waals surface area contributed by atoms with E-state index < -0.39 is 0 Å². The molecule has 3 N–H and O–H groups in total. The summed E-state index contributed by atoms with van der Waals surface area (Å²) in [7, 11) is 0. The van der Waals surface area contributed by atoms with E-state index in [1.807, 2.05) is 0 Å². The minimum Gasteiger partial charge on any atom is -0.396 e. The zero-order valence-electron chi connectivity index (χ0n) is 7.93. The summed E-state index contributed by atoms with van der Waals surface area (Å²) in [6.45, 7) is 7.23. The monoisotopic (exact) mass is 159 g/mol. The maximum atomic E-state index is 9.15. The molecule has 0 aromatic carbocycles. The lowest BCUT2D eigenvalue weighted by molar-refractivity contribution is 0.104. The van der Waals surface area contributed by atoms with E-state index in [-0.39, 0.29) is 12.0 Å². The molecule has 0 saturated carbocycles. The van der Waals surface area contributed by atoms with E-state index in [9.17, 15) is 0 Å². The van der Waals surface area contributed by atoms with Gasteiger partial charge >= 0.3 is 0 Å². The van der Waals surface area contributed by atoms with E-state index in [1.165, 1.54) is 0 Å². The molecule has 0 aromatic heterocycles. The van der Waals surface area contributed by atoms with Gasteiger partial charge in [-0.1, -0.05) is 20.8 Å². The number of hydrogen-bond donors (Lipinski definition) is 2. The second-order valence-corrected chi connectivity index (χ2v) is 3.81. The van der Waals surface area contributed by atoms with E-state index in [1.54, 1.807) is 0 Å². The lowest BCUT2D eigenvalue weighted by Crippen LogP contribution is -2.34. The smallest absolute Gasteiger partial charge is 0.0499 e. The number of nitrogens with two attached hydrogens (primary N) is 1. The summed E-state index contributed by atoms with van der Waals surface area (Å²) in [6.07, 6.45) is 1.99. The van der Waals surface area contributed by atoms with Crippen molar-refractivity contribution in [2.24, 2.45) is 17.1 Å². The van der Waals surface area contributed by atoms with Gasteiger partial charge in [0.15, 0.2) is 0 Å². The van der Waals surface area contributed by atoms with Gasteiger partial charge in [0.25, 0.3) is 0 Å². The van der Waals surface area contributed by atoms with Crippen LogP contribution in [0.3, 0.4) is 0 Å². The Morgan fingerprint density at radius 1 is 1.45 bits per heavy atom. The van der Waals surface area contributed by atoms with Crippen molar-refractivity contribution >= 4 is 0 Å². The molecule has 0 fully saturated rings. The fourth-order valence-corrected chi connectivity index (χ4v) is 1.48. The first-order chi connectivity index (χ1) is 5.10. The standard InChI is InChI=1S/C9H21NO/c1-4-9(6-10,7-11)5-8(2)3/h8,11H,4-7,10H2,1-3H3. The Hall–Kier alpha value is -0.0800. The molecule has 0 aliphatic rings. The number of aliphatic hydroxyl groups is 1. The second kappa shape index (κ2) is 4.73. The largest absolute Gasteiger partial charge is 0.396 e. The predicted octanol–water partition coefficient (Wildman–Crippen LogP) is 1.38. The van der Waals surface area contributed by atoms with Crippen LogP contribution in [0.2, 0.25) is 0 Å². The first-order valence-electron chi connectivity index (χ1n) is 4.41. The van der Waals surface area contributed by atoms with Gasteiger partial charge in [0.2, 0.25) is 0 Å². The molecule has 0 radical (unpaired) electrons. The summed E-state index contributed by atoms with van der Waals surface area (Å²) in [6, 6.07) is 0. The SMILES string of the molecule is CCC(CN)(CO)CC(C)C. The molecule has 0 aliphatic heterocycles. The summed E-state index contributed by atoms with van der Waals surface area (Å²) in [5.74, 6) is 0.616. The van der Waals surface area contributed by atoms with Crippen molar-refractivity contribution < 1.29 is 5.11 Å². The summed E-state index contributed by atoms with van der Waals surface area (Å²) in [5, 5.41) is 9.15. The minimum absolute atomic E-state index is 0.0197. The van der Waals surface area contributed by atoms with Gasteiger partial charge in [-0.2, -0.15) is 0 Å². The third-order valence-electron chi connectivity index (χ3n) is 2.36. The average Bonchev–Trinajstić information content (AvgIpc) is 2.00. The zero-order valence-corrected chi connectivity index (χ0v) is 7.93. The van der Waals surface area contributed by atoms with E-state index in [0.29, 0.717) is 12.5 Å². The maximum Gasteiger partial charge on any atom is 0.0499 e. The van der Waals surface area contributed by atoms with Gasteiger partial charge in [-0.3, -0.25) is 0 Å². The molecule has 2 heteroatoms. The van der Waals surface area contributed by atoms with Crippen LogP contribution in [0.4, 0.5) is 0 Å². The van der Waals surface area contributed by atoms with Crippen LogP contribution in [-0.2, 0) is 0 Å². The van der Waals surface area contributed by atoms with Crippen LogP contribution in [0.5, 0.6) is 0 Å². The van der Waals surface area contributed by atoms with Crippen molar-refractivity contribution in [1.29, 1.82) is 0 Å². The van der Waals surface area contributed by atoms with Gasteiger partial charge in [0.05, 0.1) is 0 Å². The molecule has 11 heavy (non-hydrogen) atoms. The van der Waals surface area contributed by atoms with Crippen molar-refractivity contribution in [3.8, 4) is 0 Å². The summed E-state index contributed by atoms with van der Waals surface area (Å²) in [5.41, 5.74) is 5.60. The lowest BCUT2D eigenvalue weighted by atomic mass is 9.79. The third-order valence-corrected chi connectivity index (χ3v) is 2.36. The Morgan fingerprint density at radius 2 is 2.00 bits per heavy atom. The topological polar surface area (TPSA) is 46.2 Å². The van der Waals surface area contributed by atoms with E-state index in [0.717, 1.165) is 12.8 Å². The van der Waals surface area contributed by atoms with Crippen LogP contribution in [0.1, 0.15) is 33.6 Å². The number of hydrogen-bond acceptors (Lipinski definition) is 2. The molecular formula is C9H21NO. The highest BCUT2D eigenvalue weighted by atomic mass is 16.3. The van der Waals surface area contributed by atoms with Crippen LogP contribution >= 0.6 is 0 Å². The normalized spacial score (nSPS) is 16.9. The molecule has 0 aromatic rings. The summed E-state index contributed by atoms with van der Waals surface area (Å²) < 4.78 is 0. The molecule has 1 unspecified atom stereocenters. The number of aliphatic hydroxyl groups excluding tert-OH is 1. The molecule has 0 aliphatic carbocycles. The first-order valence-corrected chi connectivity index (χ1v) is 4.41. The van der Waals surface area contributed by atoms with Gasteiger partial charge in [-0.25, -0.2) is 0 Å². The van der Waals surface area contributed by atoms with Crippen molar-refractivity contribution in [2.45, 2.75) is 33.6 Å². The minimum atomic E-state index is -0.0197. The molecule has 0 amide bonds. The highest BCUT2D eigenvalue weighted by molar-refractivity contribution is 4.79. The van der Waals surface area contributed by atoms with Gasteiger partial charge in [-0.05, 0) is 18.8 Å². The third kappa shape index (κ3) is 3.21. The molecule has 0 saturated heterocycles. The Morgan fingerprint density at radius 3 is 2.09 bits per heavy atom.